The molecule has 6 nitrogen and oxygen atoms in total. The van der Waals surface area contributed by atoms with Gasteiger partial charge in [0.05, 0.1) is 17.5 Å². The highest BCUT2D eigenvalue weighted by atomic mass is 32.2. The molecule has 1 saturated carbocycles. The number of sulfonamides is 1. The molecule has 0 spiro atoms. The van der Waals surface area contributed by atoms with Crippen molar-refractivity contribution in [1.29, 1.82) is 0 Å². The first kappa shape index (κ1) is 20.2. The fourth-order valence-electron chi connectivity index (χ4n) is 3.75. The largest absolute Gasteiger partial charge is 0.376 e. The average molecular weight is 399 g/mol. The van der Waals surface area contributed by atoms with Crippen LogP contribution in [0.15, 0.2) is 29.2 Å². The van der Waals surface area contributed by atoms with Gasteiger partial charge in [-0.1, -0.05) is 19.3 Å². The minimum atomic E-state index is -3.88. The molecule has 1 amide bonds. The fourth-order valence-corrected chi connectivity index (χ4v) is 5.39. The van der Waals surface area contributed by atoms with E-state index >= 15 is 0 Å². The number of rotatable bonds is 7. The average Bonchev–Trinajstić information content (AvgIpc) is 3.19. The Hall–Kier alpha value is -1.51. The van der Waals surface area contributed by atoms with E-state index in [0.29, 0.717) is 13.2 Å². The van der Waals surface area contributed by atoms with Gasteiger partial charge in [-0.15, -0.1) is 0 Å². The molecule has 2 aliphatic rings. The summed E-state index contributed by atoms with van der Waals surface area (Å²) >= 11 is 0. The van der Waals surface area contributed by atoms with E-state index in [9.17, 15) is 17.6 Å². The molecule has 0 radical (unpaired) electrons. The topological polar surface area (TPSA) is 75.7 Å². The van der Waals surface area contributed by atoms with Crippen LogP contribution in [0.25, 0.3) is 0 Å². The van der Waals surface area contributed by atoms with Gasteiger partial charge in [0.2, 0.25) is 15.9 Å². The Kier molecular flexibility index (Phi) is 6.83. The number of carbonyl (C=O) groups excluding carboxylic acids is 1. The van der Waals surface area contributed by atoms with Crippen LogP contribution in [0.4, 0.5) is 4.39 Å². The number of hydrogen-bond acceptors (Lipinski definition) is 4. The van der Waals surface area contributed by atoms with Crippen LogP contribution in [0.1, 0.15) is 44.9 Å². The summed E-state index contributed by atoms with van der Waals surface area (Å²) in [6, 6.07) is 4.56. The van der Waals surface area contributed by atoms with Crippen LogP contribution < -0.4 is 5.32 Å². The van der Waals surface area contributed by atoms with Crippen molar-refractivity contribution >= 4 is 15.9 Å². The first-order valence-electron chi connectivity index (χ1n) is 9.62. The standard InChI is InChI=1S/C19H27FN2O4S/c20-15-8-10-18(11-9-15)27(24,25)22(16-5-2-1-3-6-16)14-19(23)21-13-17-7-4-12-26-17/h8-11,16-17H,1-7,12-14H2,(H,21,23)/t17-/m1/s1. The molecule has 0 bridgehead atoms. The van der Waals surface area contributed by atoms with E-state index in [1.54, 1.807) is 0 Å². The van der Waals surface area contributed by atoms with Crippen LogP contribution in [-0.4, -0.2) is 50.5 Å². The molecule has 1 heterocycles. The van der Waals surface area contributed by atoms with Crippen molar-refractivity contribution in [2.75, 3.05) is 19.7 Å². The lowest BCUT2D eigenvalue weighted by Crippen LogP contribution is -2.47. The molecule has 0 unspecified atom stereocenters. The van der Waals surface area contributed by atoms with Crippen LogP contribution in [0.2, 0.25) is 0 Å². The van der Waals surface area contributed by atoms with Gasteiger partial charge in [0.15, 0.2) is 0 Å². The summed E-state index contributed by atoms with van der Waals surface area (Å²) in [7, 11) is -3.88. The van der Waals surface area contributed by atoms with Gasteiger partial charge in [0.25, 0.3) is 0 Å². The first-order valence-corrected chi connectivity index (χ1v) is 11.1. The molecule has 1 aromatic rings. The predicted octanol–water partition coefficient (Wildman–Crippen LogP) is 2.44. The molecule has 1 aliphatic carbocycles. The Morgan fingerprint density at radius 3 is 2.44 bits per heavy atom. The molecule has 3 rings (SSSR count). The van der Waals surface area contributed by atoms with E-state index in [0.717, 1.165) is 57.1 Å². The quantitative estimate of drug-likeness (QED) is 0.766. The Morgan fingerprint density at radius 2 is 1.81 bits per heavy atom. The van der Waals surface area contributed by atoms with Gasteiger partial charge >= 0.3 is 0 Å². The predicted molar refractivity (Wildman–Crippen MR) is 99.1 cm³/mol. The van der Waals surface area contributed by atoms with Gasteiger partial charge in [-0.2, -0.15) is 4.31 Å². The monoisotopic (exact) mass is 398 g/mol. The zero-order valence-electron chi connectivity index (χ0n) is 15.4. The van der Waals surface area contributed by atoms with E-state index in [-0.39, 0.29) is 29.5 Å². The summed E-state index contributed by atoms with van der Waals surface area (Å²) in [5.74, 6) is -0.825. The van der Waals surface area contributed by atoms with Crippen LogP contribution in [-0.2, 0) is 19.6 Å². The van der Waals surface area contributed by atoms with Gasteiger partial charge in [-0.3, -0.25) is 4.79 Å². The Labute approximate surface area is 160 Å². The fraction of sp³-hybridized carbons (Fsp3) is 0.632. The molecule has 2 fully saturated rings. The maximum atomic E-state index is 13.2. The summed E-state index contributed by atoms with van der Waals surface area (Å²) in [6.07, 6.45) is 6.32. The zero-order chi connectivity index (χ0) is 19.3. The second-order valence-corrected chi connectivity index (χ2v) is 9.13. The summed E-state index contributed by atoms with van der Waals surface area (Å²) in [5, 5.41) is 2.80. The van der Waals surface area contributed by atoms with Crippen molar-refractivity contribution in [3.8, 4) is 0 Å². The maximum absolute atomic E-state index is 13.2. The second-order valence-electron chi connectivity index (χ2n) is 7.24. The van der Waals surface area contributed by atoms with Crippen LogP contribution in [0, 0.1) is 5.82 Å². The number of hydrogen-bond donors (Lipinski definition) is 1. The number of halogens is 1. The maximum Gasteiger partial charge on any atom is 0.243 e. The third kappa shape index (κ3) is 5.27. The van der Waals surface area contributed by atoms with E-state index in [2.05, 4.69) is 5.32 Å². The van der Waals surface area contributed by atoms with Crippen molar-refractivity contribution in [2.24, 2.45) is 0 Å². The lowest BCUT2D eigenvalue weighted by Gasteiger charge is -2.33. The number of nitrogens with zero attached hydrogens (tertiary/aromatic N) is 1. The summed E-state index contributed by atoms with van der Waals surface area (Å²) in [4.78, 5) is 12.5. The lowest BCUT2D eigenvalue weighted by molar-refractivity contribution is -0.122. The molecule has 1 aliphatic heterocycles. The lowest BCUT2D eigenvalue weighted by atomic mass is 9.95. The summed E-state index contributed by atoms with van der Waals surface area (Å²) in [6.45, 7) is 0.874. The van der Waals surface area contributed by atoms with Crippen molar-refractivity contribution in [1.82, 2.24) is 9.62 Å². The molecule has 150 valence electrons. The molecule has 1 N–H and O–H groups in total. The smallest absolute Gasteiger partial charge is 0.243 e. The SMILES string of the molecule is O=C(CN(C1CCCCC1)S(=O)(=O)c1ccc(F)cc1)NC[C@H]1CCCO1. The van der Waals surface area contributed by atoms with Gasteiger partial charge in [0.1, 0.15) is 5.82 Å². The molecule has 27 heavy (non-hydrogen) atoms. The van der Waals surface area contributed by atoms with E-state index in [1.165, 1.54) is 16.4 Å². The number of ether oxygens (including phenoxy) is 1. The van der Waals surface area contributed by atoms with E-state index in [4.69, 9.17) is 4.74 Å². The summed E-state index contributed by atoms with van der Waals surface area (Å²) < 4.78 is 46.3. The van der Waals surface area contributed by atoms with Crippen molar-refractivity contribution < 1.29 is 22.3 Å². The highest BCUT2D eigenvalue weighted by Gasteiger charge is 2.34. The highest BCUT2D eigenvalue weighted by Crippen LogP contribution is 2.27. The van der Waals surface area contributed by atoms with Gasteiger partial charge in [0, 0.05) is 19.2 Å². The zero-order valence-corrected chi connectivity index (χ0v) is 16.2. The van der Waals surface area contributed by atoms with Gasteiger partial charge in [-0.05, 0) is 49.9 Å². The van der Waals surface area contributed by atoms with Crippen molar-refractivity contribution in [3.05, 3.63) is 30.1 Å². The third-order valence-corrected chi connectivity index (χ3v) is 7.17. The van der Waals surface area contributed by atoms with Crippen LogP contribution in [0.5, 0.6) is 0 Å². The normalized spacial score (nSPS) is 21.5. The number of amides is 1. The minimum Gasteiger partial charge on any atom is -0.376 e. The molecular formula is C19H27FN2O4S. The number of benzene rings is 1. The third-order valence-electron chi connectivity index (χ3n) is 5.25. The van der Waals surface area contributed by atoms with E-state index < -0.39 is 15.8 Å². The van der Waals surface area contributed by atoms with Crippen LogP contribution in [0.3, 0.4) is 0 Å². The molecule has 0 aromatic heterocycles. The molecule has 8 heteroatoms. The number of carbonyl (C=O) groups is 1. The van der Waals surface area contributed by atoms with Crippen molar-refractivity contribution in [3.63, 3.8) is 0 Å². The Balaban J connectivity index is 1.73. The van der Waals surface area contributed by atoms with E-state index in [1.807, 2.05) is 0 Å². The molecule has 1 aromatic carbocycles. The minimum absolute atomic E-state index is 0.00536. The second kappa shape index (κ2) is 9.12. The molecule has 1 atom stereocenters. The van der Waals surface area contributed by atoms with Gasteiger partial charge < -0.3 is 10.1 Å². The highest BCUT2D eigenvalue weighted by molar-refractivity contribution is 7.89. The molecular weight excluding hydrogens is 371 g/mol. The van der Waals surface area contributed by atoms with Gasteiger partial charge in [-0.25, -0.2) is 12.8 Å². The number of nitrogens with one attached hydrogen (secondary N) is 1. The Bertz CT molecular complexity index is 727. The van der Waals surface area contributed by atoms with Crippen molar-refractivity contribution in [2.45, 2.75) is 62.0 Å². The molecule has 1 saturated heterocycles. The first-order chi connectivity index (χ1) is 13.0. The van der Waals surface area contributed by atoms with Crippen LogP contribution >= 0.6 is 0 Å². The Morgan fingerprint density at radius 1 is 1.11 bits per heavy atom. The summed E-state index contributed by atoms with van der Waals surface area (Å²) in [5.41, 5.74) is 0.